The molecule has 1 fully saturated rings. The fraction of sp³-hybridized carbons (Fsp3) is 0.591. The third kappa shape index (κ3) is 5.63. The fourth-order valence-corrected chi connectivity index (χ4v) is 3.43. The van der Waals surface area contributed by atoms with Crippen LogP contribution in [0.4, 0.5) is 4.79 Å². The van der Waals surface area contributed by atoms with Crippen molar-refractivity contribution in [1.82, 2.24) is 14.4 Å². The van der Waals surface area contributed by atoms with Gasteiger partial charge in [-0.15, -0.1) is 0 Å². The lowest BCUT2D eigenvalue weighted by Crippen LogP contribution is -2.51. The summed E-state index contributed by atoms with van der Waals surface area (Å²) in [5, 5.41) is 9.56. The standard InChI is InChI=1S/C22H32N4O3/c1-6-7-26-17(4)12-19(18(26)5)13-20(14-23)21(27)24-8-10-25(11-9-24)22(28)29-15-16(2)3/h12-13,16H,6-11,15H2,1-5H3/b20-13-. The molecule has 0 bridgehead atoms. The highest BCUT2D eigenvalue weighted by atomic mass is 16.6. The molecule has 29 heavy (non-hydrogen) atoms. The number of rotatable bonds is 6. The Bertz CT molecular complexity index is 809. The van der Waals surface area contributed by atoms with Gasteiger partial charge in [0.05, 0.1) is 6.61 Å². The Morgan fingerprint density at radius 3 is 2.38 bits per heavy atom. The predicted octanol–water partition coefficient (Wildman–Crippen LogP) is 3.36. The average molecular weight is 401 g/mol. The molecule has 0 aromatic carbocycles. The number of hydrogen-bond donors (Lipinski definition) is 0. The average Bonchev–Trinajstić information content (AvgIpc) is 2.97. The molecule has 0 spiro atoms. The zero-order valence-electron chi connectivity index (χ0n) is 18.2. The first kappa shape index (κ1) is 22.5. The van der Waals surface area contributed by atoms with Gasteiger partial charge in [0, 0.05) is 44.1 Å². The van der Waals surface area contributed by atoms with E-state index in [9.17, 15) is 14.9 Å². The fourth-order valence-electron chi connectivity index (χ4n) is 3.43. The van der Waals surface area contributed by atoms with Crippen molar-refractivity contribution in [2.75, 3.05) is 32.8 Å². The Hall–Kier alpha value is -2.75. The van der Waals surface area contributed by atoms with E-state index >= 15 is 0 Å². The lowest BCUT2D eigenvalue weighted by atomic mass is 10.1. The molecule has 0 N–H and O–H groups in total. The van der Waals surface area contributed by atoms with Crippen LogP contribution in [0.5, 0.6) is 0 Å². The molecule has 0 radical (unpaired) electrons. The van der Waals surface area contributed by atoms with Crippen molar-refractivity contribution in [1.29, 1.82) is 5.26 Å². The molecule has 2 heterocycles. The van der Waals surface area contributed by atoms with Crippen molar-refractivity contribution in [3.8, 4) is 6.07 Å². The van der Waals surface area contributed by atoms with Crippen LogP contribution >= 0.6 is 0 Å². The molecule has 1 aliphatic rings. The molecule has 1 aliphatic heterocycles. The zero-order valence-corrected chi connectivity index (χ0v) is 18.2. The summed E-state index contributed by atoms with van der Waals surface area (Å²) in [6.45, 7) is 13.0. The highest BCUT2D eigenvalue weighted by Crippen LogP contribution is 2.20. The first-order valence-corrected chi connectivity index (χ1v) is 10.3. The second-order valence-electron chi connectivity index (χ2n) is 7.90. The predicted molar refractivity (Wildman–Crippen MR) is 112 cm³/mol. The van der Waals surface area contributed by atoms with Gasteiger partial charge in [-0.05, 0) is 43.9 Å². The van der Waals surface area contributed by atoms with Crippen molar-refractivity contribution in [2.24, 2.45) is 5.92 Å². The summed E-state index contributed by atoms with van der Waals surface area (Å²) in [6, 6.07) is 4.07. The third-order valence-electron chi connectivity index (χ3n) is 5.08. The number of nitrogens with zero attached hydrogens (tertiary/aromatic N) is 4. The van der Waals surface area contributed by atoms with Crippen LogP contribution < -0.4 is 0 Å². The number of ether oxygens (including phenoxy) is 1. The molecule has 2 rings (SSSR count). The molecule has 7 nitrogen and oxygen atoms in total. The zero-order chi connectivity index (χ0) is 21.6. The number of aryl methyl sites for hydroxylation is 1. The van der Waals surface area contributed by atoms with Crippen LogP contribution in [0, 0.1) is 31.1 Å². The van der Waals surface area contributed by atoms with Crippen LogP contribution in [0.2, 0.25) is 0 Å². The van der Waals surface area contributed by atoms with E-state index in [4.69, 9.17) is 4.74 Å². The lowest BCUT2D eigenvalue weighted by molar-refractivity contribution is -0.128. The molecule has 0 aliphatic carbocycles. The minimum Gasteiger partial charge on any atom is -0.449 e. The summed E-state index contributed by atoms with van der Waals surface area (Å²) in [4.78, 5) is 28.2. The minimum atomic E-state index is -0.342. The van der Waals surface area contributed by atoms with E-state index in [0.717, 1.165) is 29.9 Å². The normalized spacial score (nSPS) is 14.9. The van der Waals surface area contributed by atoms with Crippen molar-refractivity contribution in [3.63, 3.8) is 0 Å². The number of carbonyl (C=O) groups excluding carboxylic acids is 2. The molecule has 158 valence electrons. The van der Waals surface area contributed by atoms with Crippen LogP contribution in [0.15, 0.2) is 11.6 Å². The Balaban J connectivity index is 2.04. The van der Waals surface area contributed by atoms with Gasteiger partial charge in [0.2, 0.25) is 0 Å². The largest absolute Gasteiger partial charge is 0.449 e. The Morgan fingerprint density at radius 1 is 1.21 bits per heavy atom. The summed E-state index contributed by atoms with van der Waals surface area (Å²) in [5.41, 5.74) is 3.20. The summed E-state index contributed by atoms with van der Waals surface area (Å²) >= 11 is 0. The van der Waals surface area contributed by atoms with Crippen molar-refractivity contribution in [3.05, 3.63) is 28.6 Å². The van der Waals surface area contributed by atoms with Gasteiger partial charge in [-0.3, -0.25) is 4.79 Å². The molecular formula is C22H32N4O3. The maximum atomic E-state index is 12.8. The van der Waals surface area contributed by atoms with Gasteiger partial charge >= 0.3 is 6.09 Å². The molecule has 1 aromatic rings. The number of carbonyl (C=O) groups is 2. The summed E-state index contributed by atoms with van der Waals surface area (Å²) in [7, 11) is 0. The molecule has 0 atom stereocenters. The minimum absolute atomic E-state index is 0.123. The van der Waals surface area contributed by atoms with Crippen LogP contribution in [-0.2, 0) is 16.1 Å². The van der Waals surface area contributed by atoms with Crippen molar-refractivity contribution in [2.45, 2.75) is 47.6 Å². The molecule has 1 aromatic heterocycles. The molecule has 2 amide bonds. The summed E-state index contributed by atoms with van der Waals surface area (Å²) in [5.74, 6) is -0.00702. The molecule has 1 saturated heterocycles. The van der Waals surface area contributed by atoms with E-state index in [-0.39, 0.29) is 23.5 Å². The smallest absolute Gasteiger partial charge is 0.409 e. The summed E-state index contributed by atoms with van der Waals surface area (Å²) in [6.07, 6.45) is 2.36. The Labute approximate surface area is 173 Å². The Kier molecular flexibility index (Phi) is 7.89. The van der Waals surface area contributed by atoms with Gasteiger partial charge in [-0.25, -0.2) is 4.79 Å². The highest BCUT2D eigenvalue weighted by molar-refractivity contribution is 6.02. The van der Waals surface area contributed by atoms with Crippen LogP contribution in [0.3, 0.4) is 0 Å². The quantitative estimate of drug-likeness (QED) is 0.542. The van der Waals surface area contributed by atoms with Crippen LogP contribution in [0.1, 0.15) is 44.1 Å². The molecule has 7 heteroatoms. The van der Waals surface area contributed by atoms with E-state index in [1.165, 1.54) is 0 Å². The van der Waals surface area contributed by atoms with Gasteiger partial charge in [-0.2, -0.15) is 5.26 Å². The topological polar surface area (TPSA) is 78.6 Å². The van der Waals surface area contributed by atoms with E-state index in [2.05, 4.69) is 17.6 Å². The summed E-state index contributed by atoms with van der Waals surface area (Å²) < 4.78 is 7.45. The molecular weight excluding hydrogens is 368 g/mol. The number of nitriles is 1. The van der Waals surface area contributed by atoms with E-state index in [1.807, 2.05) is 33.8 Å². The maximum Gasteiger partial charge on any atom is 0.409 e. The van der Waals surface area contributed by atoms with E-state index in [0.29, 0.717) is 32.8 Å². The van der Waals surface area contributed by atoms with Crippen molar-refractivity contribution >= 4 is 18.1 Å². The lowest BCUT2D eigenvalue weighted by Gasteiger charge is -2.34. The second kappa shape index (κ2) is 10.1. The third-order valence-corrected chi connectivity index (χ3v) is 5.08. The number of aromatic nitrogens is 1. The van der Waals surface area contributed by atoms with Gasteiger partial charge in [0.15, 0.2) is 0 Å². The SMILES string of the molecule is CCCn1c(C)cc(/C=C(/C#N)C(=O)N2CCN(C(=O)OCC(C)C)CC2)c1C. The first-order valence-electron chi connectivity index (χ1n) is 10.3. The number of piperazine rings is 1. The molecule has 0 saturated carbocycles. The number of hydrogen-bond acceptors (Lipinski definition) is 4. The first-order chi connectivity index (χ1) is 13.8. The maximum absolute atomic E-state index is 12.8. The van der Waals surface area contributed by atoms with Gasteiger partial charge < -0.3 is 19.1 Å². The number of amides is 2. The van der Waals surface area contributed by atoms with E-state index in [1.54, 1.807) is 15.9 Å². The second-order valence-corrected chi connectivity index (χ2v) is 7.90. The Morgan fingerprint density at radius 2 is 1.83 bits per heavy atom. The van der Waals surface area contributed by atoms with Gasteiger partial charge in [-0.1, -0.05) is 20.8 Å². The monoisotopic (exact) mass is 400 g/mol. The van der Waals surface area contributed by atoms with Crippen LogP contribution in [0.25, 0.3) is 6.08 Å². The molecule has 0 unspecified atom stereocenters. The van der Waals surface area contributed by atoms with Crippen molar-refractivity contribution < 1.29 is 14.3 Å². The van der Waals surface area contributed by atoms with E-state index < -0.39 is 0 Å². The van der Waals surface area contributed by atoms with Crippen LogP contribution in [-0.4, -0.2) is 59.2 Å². The van der Waals surface area contributed by atoms with Gasteiger partial charge in [0.1, 0.15) is 11.6 Å². The van der Waals surface area contributed by atoms with Gasteiger partial charge in [0.25, 0.3) is 5.91 Å². The highest BCUT2D eigenvalue weighted by Gasteiger charge is 2.27.